The van der Waals surface area contributed by atoms with Crippen molar-refractivity contribution in [1.82, 2.24) is 4.90 Å². The van der Waals surface area contributed by atoms with Crippen molar-refractivity contribution < 1.29 is 17.2 Å². The minimum absolute atomic E-state index is 0.526. The molecule has 0 bridgehead atoms. The molecule has 0 aromatic carbocycles. The molecule has 6 heavy (non-hydrogen) atoms. The molecule has 1 saturated heterocycles. The number of rotatable bonds is 2. The Labute approximate surface area is 57.9 Å². The predicted molar refractivity (Wildman–Crippen MR) is 30.5 cm³/mol. The fourth-order valence-corrected chi connectivity index (χ4v) is 3.75. The molecule has 0 spiro atoms. The third-order valence-corrected chi connectivity index (χ3v) is 3.71. The second-order valence-corrected chi connectivity index (χ2v) is 6.47. The van der Waals surface area contributed by atoms with E-state index >= 15 is 0 Å². The fraction of sp³-hybridized carbons (Fsp3) is 1.00. The Morgan fingerprint density at radius 3 is 2.50 bits per heavy atom. The molecular formula is C3H6I2N-. The van der Waals surface area contributed by atoms with Crippen LogP contribution < -0.4 is 17.2 Å². The standard InChI is InChI=1S/C3H6I2N/c4-5-3-6-1-2-6/h1-3H2/q-1. The number of hydrogen-bond donors (Lipinski definition) is 0. The second-order valence-electron chi connectivity index (χ2n) is 1.34. The fourth-order valence-electron chi connectivity index (χ4n) is 0.254. The van der Waals surface area contributed by atoms with Gasteiger partial charge >= 0.3 is 58.4 Å². The van der Waals surface area contributed by atoms with Crippen molar-refractivity contribution in [3.05, 3.63) is 0 Å². The van der Waals surface area contributed by atoms with Gasteiger partial charge in [-0.25, -0.2) is 0 Å². The molecule has 0 aromatic heterocycles. The van der Waals surface area contributed by atoms with E-state index in [1.807, 2.05) is 0 Å². The van der Waals surface area contributed by atoms with Gasteiger partial charge in [-0.15, -0.1) is 0 Å². The van der Waals surface area contributed by atoms with Crippen LogP contribution in [0.4, 0.5) is 0 Å². The van der Waals surface area contributed by atoms with E-state index in [4.69, 9.17) is 0 Å². The summed E-state index contributed by atoms with van der Waals surface area (Å²) in [6, 6.07) is 0. The summed E-state index contributed by atoms with van der Waals surface area (Å²) in [5.41, 5.74) is 0. The van der Waals surface area contributed by atoms with Gasteiger partial charge in [0.1, 0.15) is 0 Å². The van der Waals surface area contributed by atoms with Crippen molar-refractivity contribution in [1.29, 1.82) is 0 Å². The SMILES string of the molecule is I[I-]CN1CC1. The molecule has 0 radical (unpaired) electrons. The Hall–Kier alpha value is 1.42. The summed E-state index contributed by atoms with van der Waals surface area (Å²) in [6.07, 6.45) is 0. The summed E-state index contributed by atoms with van der Waals surface area (Å²) in [6.45, 7) is 2.76. The average molecular weight is 310 g/mol. The Morgan fingerprint density at radius 1 is 1.67 bits per heavy atom. The first-order valence-electron chi connectivity index (χ1n) is 1.86. The van der Waals surface area contributed by atoms with Crippen molar-refractivity contribution in [2.45, 2.75) is 0 Å². The van der Waals surface area contributed by atoms with Crippen LogP contribution >= 0.6 is 18.6 Å². The van der Waals surface area contributed by atoms with Gasteiger partial charge in [-0.2, -0.15) is 0 Å². The summed E-state index contributed by atoms with van der Waals surface area (Å²) >= 11 is 3.04. The summed E-state index contributed by atoms with van der Waals surface area (Å²) < 4.78 is 1.42. The molecule has 0 atom stereocenters. The molecule has 1 aliphatic heterocycles. The zero-order valence-electron chi connectivity index (χ0n) is 3.32. The number of nitrogens with zero attached hydrogens (tertiary/aromatic N) is 1. The van der Waals surface area contributed by atoms with Gasteiger partial charge in [0.2, 0.25) is 0 Å². The molecule has 1 nitrogen and oxygen atoms in total. The van der Waals surface area contributed by atoms with Crippen LogP contribution in [0.2, 0.25) is 0 Å². The van der Waals surface area contributed by atoms with Crippen molar-refractivity contribution >= 4 is 18.6 Å². The first-order chi connectivity index (χ1) is 2.93. The molecule has 0 aliphatic carbocycles. The van der Waals surface area contributed by atoms with E-state index in [2.05, 4.69) is 23.5 Å². The maximum absolute atomic E-state index is 2.51. The van der Waals surface area contributed by atoms with Gasteiger partial charge in [0.05, 0.1) is 0 Å². The van der Waals surface area contributed by atoms with Crippen LogP contribution in [0.5, 0.6) is 0 Å². The van der Waals surface area contributed by atoms with Gasteiger partial charge < -0.3 is 0 Å². The van der Waals surface area contributed by atoms with E-state index in [1.54, 1.807) is 0 Å². The van der Waals surface area contributed by atoms with Crippen molar-refractivity contribution in [3.63, 3.8) is 0 Å². The molecule has 0 N–H and O–H groups in total. The molecule has 3 heteroatoms. The van der Waals surface area contributed by atoms with Crippen LogP contribution in [0.25, 0.3) is 0 Å². The summed E-state index contributed by atoms with van der Waals surface area (Å²) in [5, 5.41) is 0. The Bertz CT molecular complexity index is 44.1. The zero-order valence-corrected chi connectivity index (χ0v) is 7.64. The van der Waals surface area contributed by atoms with Gasteiger partial charge in [0.15, 0.2) is 0 Å². The monoisotopic (exact) mass is 310 g/mol. The minimum atomic E-state index is 0.526. The topological polar surface area (TPSA) is 3.01 Å². The Balaban J connectivity index is 1.88. The van der Waals surface area contributed by atoms with Crippen molar-refractivity contribution in [2.24, 2.45) is 0 Å². The predicted octanol–water partition coefficient (Wildman–Crippen LogP) is -2.30. The quantitative estimate of drug-likeness (QED) is 0.240. The van der Waals surface area contributed by atoms with Gasteiger partial charge in [0.25, 0.3) is 0 Å². The van der Waals surface area contributed by atoms with Gasteiger partial charge in [-0.3, -0.25) is 0 Å². The Kier molecular flexibility index (Phi) is 2.46. The van der Waals surface area contributed by atoms with E-state index in [0.29, 0.717) is 17.2 Å². The first kappa shape index (κ1) is 5.55. The van der Waals surface area contributed by atoms with Crippen LogP contribution in [0, 0.1) is 0 Å². The maximum atomic E-state index is 2.51. The zero-order chi connectivity index (χ0) is 4.41. The molecule has 0 amide bonds. The third kappa shape index (κ3) is 1.92. The van der Waals surface area contributed by atoms with Crippen molar-refractivity contribution in [3.8, 4) is 0 Å². The van der Waals surface area contributed by atoms with Gasteiger partial charge in [-0.05, 0) is 0 Å². The second kappa shape index (κ2) is 2.66. The average Bonchev–Trinajstić information content (AvgIpc) is 2.21. The van der Waals surface area contributed by atoms with E-state index in [1.165, 1.54) is 17.6 Å². The molecule has 0 saturated carbocycles. The molecule has 1 fully saturated rings. The van der Waals surface area contributed by atoms with E-state index in [0.717, 1.165) is 0 Å². The molecule has 1 aliphatic rings. The number of hydrogen-bond acceptors (Lipinski definition) is 1. The van der Waals surface area contributed by atoms with E-state index < -0.39 is 0 Å². The normalized spacial score (nSPS) is 22.2. The van der Waals surface area contributed by atoms with Gasteiger partial charge in [-0.1, -0.05) is 0 Å². The third-order valence-electron chi connectivity index (χ3n) is 0.754. The number of halogens is 2. The van der Waals surface area contributed by atoms with Crippen LogP contribution in [0.1, 0.15) is 0 Å². The van der Waals surface area contributed by atoms with Crippen molar-refractivity contribution in [2.75, 3.05) is 17.6 Å². The van der Waals surface area contributed by atoms with Gasteiger partial charge in [0, 0.05) is 0 Å². The van der Waals surface area contributed by atoms with Crippen LogP contribution in [-0.2, 0) is 0 Å². The molecule has 38 valence electrons. The number of alkyl halides is 1. The molecule has 0 unspecified atom stereocenters. The summed E-state index contributed by atoms with van der Waals surface area (Å²) in [7, 11) is 0. The molecule has 1 rings (SSSR count). The van der Waals surface area contributed by atoms with E-state index in [9.17, 15) is 0 Å². The molecule has 1 heterocycles. The summed E-state index contributed by atoms with van der Waals surface area (Å²) in [4.78, 5) is 2.47. The summed E-state index contributed by atoms with van der Waals surface area (Å²) in [5.74, 6) is 0. The van der Waals surface area contributed by atoms with Crippen LogP contribution in [0.3, 0.4) is 0 Å². The van der Waals surface area contributed by atoms with E-state index in [-0.39, 0.29) is 0 Å². The molecular weight excluding hydrogens is 304 g/mol. The first-order valence-corrected chi connectivity index (χ1v) is 9.67. The molecule has 0 aromatic rings. The van der Waals surface area contributed by atoms with Crippen LogP contribution in [-0.4, -0.2) is 22.5 Å². The van der Waals surface area contributed by atoms with Crippen LogP contribution in [0.15, 0.2) is 0 Å². The Morgan fingerprint density at radius 2 is 2.33 bits per heavy atom.